The predicted molar refractivity (Wildman–Crippen MR) is 92.0 cm³/mol. The Morgan fingerprint density at radius 1 is 1.21 bits per heavy atom. The summed E-state index contributed by atoms with van der Waals surface area (Å²) in [5.41, 5.74) is -0.675. The summed E-state index contributed by atoms with van der Waals surface area (Å²) in [6.45, 7) is -0.848. The molecule has 0 aliphatic heterocycles. The van der Waals surface area contributed by atoms with Gasteiger partial charge in [0, 0.05) is 0 Å². The quantitative estimate of drug-likeness (QED) is 0.561. The number of hydrogen-bond acceptors (Lipinski definition) is 7. The molecule has 1 heterocycles. The molecule has 10 nitrogen and oxygen atoms in total. The Labute approximate surface area is 159 Å². The topological polar surface area (TPSA) is 144 Å². The van der Waals surface area contributed by atoms with E-state index >= 15 is 0 Å². The van der Waals surface area contributed by atoms with Crippen LogP contribution in [0.1, 0.15) is 16.1 Å². The van der Waals surface area contributed by atoms with E-state index in [9.17, 15) is 27.2 Å². The number of sulfonamides is 1. The lowest BCUT2D eigenvalue weighted by atomic mass is 10.2. The highest BCUT2D eigenvalue weighted by molar-refractivity contribution is 7.89. The van der Waals surface area contributed by atoms with Gasteiger partial charge in [0.25, 0.3) is 5.91 Å². The number of benzene rings is 1. The third kappa shape index (κ3) is 5.62. The van der Waals surface area contributed by atoms with Gasteiger partial charge in [0.05, 0.1) is 23.3 Å². The molecule has 3 N–H and O–H groups in total. The van der Waals surface area contributed by atoms with E-state index in [1.54, 1.807) is 12.1 Å². The van der Waals surface area contributed by atoms with Crippen LogP contribution in [0, 0.1) is 5.82 Å². The average molecular weight is 413 g/mol. The molecule has 0 unspecified atom stereocenters. The Balaban J connectivity index is 1.90. The van der Waals surface area contributed by atoms with Gasteiger partial charge in [-0.1, -0.05) is 0 Å². The third-order valence-electron chi connectivity index (χ3n) is 3.33. The molecular weight excluding hydrogens is 397 g/mol. The molecule has 0 saturated heterocycles. The van der Waals surface area contributed by atoms with Crippen molar-refractivity contribution in [1.29, 1.82) is 0 Å². The Morgan fingerprint density at radius 3 is 2.61 bits per heavy atom. The van der Waals surface area contributed by atoms with Crippen molar-refractivity contribution in [2.45, 2.75) is 11.4 Å². The van der Waals surface area contributed by atoms with Crippen molar-refractivity contribution in [2.24, 2.45) is 0 Å². The SMILES string of the molecule is CNS(=O)(=O)c1ccc(F)c(C(=O)OCC(=O)NC(=O)NCc2ccco2)c1. The molecule has 1 aromatic carbocycles. The van der Waals surface area contributed by atoms with Crippen molar-refractivity contribution >= 4 is 27.9 Å². The number of hydrogen-bond donors (Lipinski definition) is 3. The summed E-state index contributed by atoms with van der Waals surface area (Å²) in [6, 6.07) is 4.90. The van der Waals surface area contributed by atoms with Gasteiger partial charge in [-0.2, -0.15) is 0 Å². The molecule has 0 bridgehead atoms. The molecule has 2 aromatic rings. The number of nitrogens with one attached hydrogen (secondary N) is 3. The number of amides is 3. The van der Waals surface area contributed by atoms with E-state index in [-0.39, 0.29) is 11.4 Å². The normalized spacial score (nSPS) is 10.9. The number of rotatable bonds is 7. The van der Waals surface area contributed by atoms with Gasteiger partial charge in [0.2, 0.25) is 10.0 Å². The molecule has 28 heavy (non-hydrogen) atoms. The molecule has 0 fully saturated rings. The molecule has 0 atom stereocenters. The first-order valence-electron chi connectivity index (χ1n) is 7.73. The molecule has 2 rings (SSSR count). The van der Waals surface area contributed by atoms with Crippen LogP contribution in [0.25, 0.3) is 0 Å². The first-order valence-corrected chi connectivity index (χ1v) is 9.21. The van der Waals surface area contributed by atoms with E-state index in [2.05, 4.69) is 10.1 Å². The first-order chi connectivity index (χ1) is 13.2. The number of furan rings is 1. The summed E-state index contributed by atoms with van der Waals surface area (Å²) >= 11 is 0. The zero-order valence-electron chi connectivity index (χ0n) is 14.5. The fourth-order valence-corrected chi connectivity index (χ4v) is 2.70. The summed E-state index contributed by atoms with van der Waals surface area (Å²) in [7, 11) is -2.76. The average Bonchev–Trinajstić information content (AvgIpc) is 3.18. The molecule has 150 valence electrons. The highest BCUT2D eigenvalue weighted by atomic mass is 32.2. The fraction of sp³-hybridized carbons (Fsp3) is 0.188. The lowest BCUT2D eigenvalue weighted by Gasteiger charge is -2.08. The van der Waals surface area contributed by atoms with Gasteiger partial charge >= 0.3 is 12.0 Å². The minimum atomic E-state index is -3.91. The standard InChI is InChI=1S/C16H16FN3O7S/c1-18-28(24,25)11-4-5-13(17)12(7-11)15(22)27-9-14(21)20-16(23)19-8-10-3-2-6-26-10/h2-7,18H,8-9H2,1H3,(H2,19,20,21,23). The molecule has 0 spiro atoms. The van der Waals surface area contributed by atoms with E-state index in [1.165, 1.54) is 6.26 Å². The molecule has 3 amide bonds. The molecule has 0 aliphatic carbocycles. The van der Waals surface area contributed by atoms with Crippen molar-refractivity contribution in [1.82, 2.24) is 15.4 Å². The third-order valence-corrected chi connectivity index (χ3v) is 4.74. The van der Waals surface area contributed by atoms with Crippen molar-refractivity contribution in [2.75, 3.05) is 13.7 Å². The second kappa shape index (κ2) is 9.10. The smallest absolute Gasteiger partial charge is 0.341 e. The van der Waals surface area contributed by atoms with Crippen LogP contribution in [-0.2, 0) is 26.1 Å². The van der Waals surface area contributed by atoms with Gasteiger partial charge in [-0.05, 0) is 37.4 Å². The van der Waals surface area contributed by atoms with Crippen LogP contribution in [0.5, 0.6) is 0 Å². The van der Waals surface area contributed by atoms with E-state index in [0.717, 1.165) is 25.2 Å². The maximum atomic E-state index is 13.8. The van der Waals surface area contributed by atoms with Crippen LogP contribution in [-0.4, -0.2) is 40.0 Å². The van der Waals surface area contributed by atoms with Crippen molar-refractivity contribution in [3.63, 3.8) is 0 Å². The molecule has 0 radical (unpaired) electrons. The minimum absolute atomic E-state index is 0.0316. The summed E-state index contributed by atoms with van der Waals surface area (Å²) in [6.07, 6.45) is 1.41. The molecular formula is C16H16FN3O7S. The molecule has 12 heteroatoms. The Morgan fingerprint density at radius 2 is 1.96 bits per heavy atom. The van der Waals surface area contributed by atoms with Gasteiger partial charge in [0.15, 0.2) is 6.61 Å². The van der Waals surface area contributed by atoms with Gasteiger partial charge < -0.3 is 14.5 Å². The Hall–Kier alpha value is -3.25. The van der Waals surface area contributed by atoms with E-state index in [0.29, 0.717) is 5.76 Å². The second-order valence-electron chi connectivity index (χ2n) is 5.24. The number of urea groups is 1. The molecule has 0 aliphatic rings. The van der Waals surface area contributed by atoms with Crippen LogP contribution in [0.2, 0.25) is 0 Å². The Bertz CT molecular complexity index is 974. The van der Waals surface area contributed by atoms with E-state index < -0.39 is 45.9 Å². The number of carbonyl (C=O) groups excluding carboxylic acids is 3. The van der Waals surface area contributed by atoms with Crippen molar-refractivity contribution < 1.29 is 36.3 Å². The zero-order valence-corrected chi connectivity index (χ0v) is 15.3. The van der Waals surface area contributed by atoms with Crippen molar-refractivity contribution in [3.8, 4) is 0 Å². The number of ether oxygens (including phenoxy) is 1. The van der Waals surface area contributed by atoms with E-state index in [4.69, 9.17) is 4.42 Å². The van der Waals surface area contributed by atoms with Gasteiger partial charge in [-0.25, -0.2) is 27.1 Å². The van der Waals surface area contributed by atoms with Gasteiger partial charge in [-0.3, -0.25) is 10.1 Å². The van der Waals surface area contributed by atoms with Crippen LogP contribution in [0.15, 0.2) is 45.9 Å². The predicted octanol–water partition coefficient (Wildman–Crippen LogP) is 0.510. The van der Waals surface area contributed by atoms with E-state index in [1.807, 2.05) is 10.0 Å². The number of imide groups is 1. The summed E-state index contributed by atoms with van der Waals surface area (Å²) in [5, 5.41) is 4.24. The maximum absolute atomic E-state index is 13.8. The van der Waals surface area contributed by atoms with Crippen LogP contribution >= 0.6 is 0 Å². The lowest BCUT2D eigenvalue weighted by Crippen LogP contribution is -2.41. The number of halogens is 1. The van der Waals surface area contributed by atoms with Crippen LogP contribution in [0.3, 0.4) is 0 Å². The van der Waals surface area contributed by atoms with Crippen LogP contribution in [0.4, 0.5) is 9.18 Å². The van der Waals surface area contributed by atoms with Crippen molar-refractivity contribution in [3.05, 3.63) is 53.7 Å². The second-order valence-corrected chi connectivity index (χ2v) is 7.12. The lowest BCUT2D eigenvalue weighted by molar-refractivity contribution is -0.123. The zero-order chi connectivity index (χ0) is 20.7. The maximum Gasteiger partial charge on any atom is 0.341 e. The largest absolute Gasteiger partial charge is 0.467 e. The Kier molecular flexibility index (Phi) is 6.84. The molecule has 0 saturated carbocycles. The number of carbonyl (C=O) groups is 3. The summed E-state index contributed by atoms with van der Waals surface area (Å²) in [5.74, 6) is -2.81. The number of esters is 1. The minimum Gasteiger partial charge on any atom is -0.467 e. The highest BCUT2D eigenvalue weighted by Gasteiger charge is 2.20. The van der Waals surface area contributed by atoms with Gasteiger partial charge in [-0.15, -0.1) is 0 Å². The monoisotopic (exact) mass is 413 g/mol. The highest BCUT2D eigenvalue weighted by Crippen LogP contribution is 2.16. The van der Waals surface area contributed by atoms with Crippen LogP contribution < -0.4 is 15.4 Å². The summed E-state index contributed by atoms with van der Waals surface area (Å²) in [4.78, 5) is 34.8. The van der Waals surface area contributed by atoms with Gasteiger partial charge in [0.1, 0.15) is 11.6 Å². The fourth-order valence-electron chi connectivity index (χ4n) is 1.94. The summed E-state index contributed by atoms with van der Waals surface area (Å²) < 4.78 is 48.9. The molecule has 1 aromatic heterocycles. The first kappa shape index (κ1) is 21.1.